The molecule has 1 aromatic carbocycles. The Bertz CT molecular complexity index is 518. The number of nitrogens with one attached hydrogen (secondary N) is 2. The van der Waals surface area contributed by atoms with E-state index in [1.54, 1.807) is 0 Å². The molecule has 0 aromatic heterocycles. The highest BCUT2D eigenvalue weighted by Crippen LogP contribution is 2.17. The van der Waals surface area contributed by atoms with Gasteiger partial charge in [0.15, 0.2) is 5.96 Å². The van der Waals surface area contributed by atoms with Crippen LogP contribution < -0.4 is 15.5 Å². The number of hydrogen-bond donors (Lipinski definition) is 2. The first-order chi connectivity index (χ1) is 11.6. The lowest BCUT2D eigenvalue weighted by Crippen LogP contribution is -2.47. The molecule has 1 aliphatic rings. The van der Waals surface area contributed by atoms with Crippen molar-refractivity contribution in [1.82, 2.24) is 15.5 Å². The van der Waals surface area contributed by atoms with Crippen molar-refractivity contribution in [3.63, 3.8) is 0 Å². The highest BCUT2D eigenvalue weighted by molar-refractivity contribution is 5.79. The maximum Gasteiger partial charge on any atom is 0.191 e. The van der Waals surface area contributed by atoms with Crippen molar-refractivity contribution in [2.45, 2.75) is 33.2 Å². The van der Waals surface area contributed by atoms with Crippen LogP contribution in [-0.2, 0) is 0 Å². The molecule has 0 bridgehead atoms. The second kappa shape index (κ2) is 9.52. The zero-order valence-electron chi connectivity index (χ0n) is 15.7. The minimum atomic E-state index is 0.408. The van der Waals surface area contributed by atoms with E-state index in [1.807, 2.05) is 7.05 Å². The van der Waals surface area contributed by atoms with Gasteiger partial charge >= 0.3 is 0 Å². The lowest BCUT2D eigenvalue weighted by molar-refractivity contribution is 0.255. The van der Waals surface area contributed by atoms with Crippen LogP contribution in [-0.4, -0.2) is 63.2 Å². The number of hydrogen-bond acceptors (Lipinski definition) is 3. The summed E-state index contributed by atoms with van der Waals surface area (Å²) in [4.78, 5) is 9.30. The van der Waals surface area contributed by atoms with Crippen LogP contribution in [0, 0.1) is 6.92 Å². The highest BCUT2D eigenvalue weighted by Gasteiger charge is 2.16. The van der Waals surface area contributed by atoms with E-state index in [-0.39, 0.29) is 0 Å². The summed E-state index contributed by atoms with van der Waals surface area (Å²) in [6, 6.07) is 9.23. The molecule has 0 spiro atoms. The van der Waals surface area contributed by atoms with Crippen LogP contribution in [0.4, 0.5) is 5.69 Å². The Morgan fingerprint density at radius 2 is 1.96 bits per heavy atom. The maximum absolute atomic E-state index is 4.24. The number of aryl methyl sites for hydroxylation is 1. The van der Waals surface area contributed by atoms with Crippen molar-refractivity contribution in [3.05, 3.63) is 29.8 Å². The number of guanidine groups is 1. The number of benzene rings is 1. The van der Waals surface area contributed by atoms with Crippen LogP contribution in [0.5, 0.6) is 0 Å². The van der Waals surface area contributed by atoms with E-state index >= 15 is 0 Å². The smallest absolute Gasteiger partial charge is 0.191 e. The molecule has 1 heterocycles. The third-order valence-electron chi connectivity index (χ3n) is 4.33. The number of piperazine rings is 1. The van der Waals surface area contributed by atoms with Crippen LogP contribution in [0.1, 0.15) is 25.8 Å². The molecule has 2 N–H and O–H groups in total. The summed E-state index contributed by atoms with van der Waals surface area (Å²) in [5.74, 6) is 0.897. The van der Waals surface area contributed by atoms with Gasteiger partial charge in [-0.05, 0) is 51.4 Å². The van der Waals surface area contributed by atoms with Gasteiger partial charge in [0, 0.05) is 51.5 Å². The zero-order valence-corrected chi connectivity index (χ0v) is 15.7. The van der Waals surface area contributed by atoms with Crippen LogP contribution in [0.2, 0.25) is 0 Å². The molecule has 0 amide bonds. The van der Waals surface area contributed by atoms with Crippen LogP contribution in [0.25, 0.3) is 0 Å². The Labute approximate surface area is 147 Å². The van der Waals surface area contributed by atoms with Gasteiger partial charge in [-0.3, -0.25) is 9.89 Å². The standard InChI is InChI=1S/C19H33N5/c1-16(2)22-19(20-4)21-9-6-10-23-11-13-24(14-12-23)18-8-5-7-17(3)15-18/h5,7-8,15-16H,6,9-14H2,1-4H3,(H2,20,21,22). The molecule has 24 heavy (non-hydrogen) atoms. The van der Waals surface area contributed by atoms with E-state index < -0.39 is 0 Å². The van der Waals surface area contributed by atoms with Gasteiger partial charge in [-0.25, -0.2) is 0 Å². The van der Waals surface area contributed by atoms with E-state index in [0.29, 0.717) is 6.04 Å². The quantitative estimate of drug-likeness (QED) is 0.476. The SMILES string of the molecule is CN=C(NCCCN1CCN(c2cccc(C)c2)CC1)NC(C)C. The van der Waals surface area contributed by atoms with Crippen molar-refractivity contribution >= 4 is 11.6 Å². The molecule has 0 atom stereocenters. The molecule has 2 rings (SSSR count). The summed E-state index contributed by atoms with van der Waals surface area (Å²) in [7, 11) is 1.82. The van der Waals surface area contributed by atoms with E-state index in [4.69, 9.17) is 0 Å². The molecule has 134 valence electrons. The Morgan fingerprint density at radius 1 is 1.21 bits per heavy atom. The molecule has 1 aliphatic heterocycles. The monoisotopic (exact) mass is 331 g/mol. The molecule has 0 radical (unpaired) electrons. The van der Waals surface area contributed by atoms with Crippen molar-refractivity contribution in [2.24, 2.45) is 4.99 Å². The molecule has 1 saturated heterocycles. The molecule has 5 heteroatoms. The summed E-state index contributed by atoms with van der Waals surface area (Å²) < 4.78 is 0. The first kappa shape index (κ1) is 18.6. The molecule has 0 aliphatic carbocycles. The van der Waals surface area contributed by atoms with Gasteiger partial charge in [0.05, 0.1) is 0 Å². The second-order valence-corrected chi connectivity index (χ2v) is 6.82. The van der Waals surface area contributed by atoms with Crippen molar-refractivity contribution in [3.8, 4) is 0 Å². The van der Waals surface area contributed by atoms with Crippen LogP contribution >= 0.6 is 0 Å². The molecule has 1 aromatic rings. The van der Waals surface area contributed by atoms with Gasteiger partial charge in [-0.15, -0.1) is 0 Å². The number of aliphatic imine (C=N–C) groups is 1. The minimum absolute atomic E-state index is 0.408. The maximum atomic E-state index is 4.24. The van der Waals surface area contributed by atoms with Crippen molar-refractivity contribution in [1.29, 1.82) is 0 Å². The fraction of sp³-hybridized carbons (Fsp3) is 0.632. The fourth-order valence-corrected chi connectivity index (χ4v) is 3.03. The second-order valence-electron chi connectivity index (χ2n) is 6.82. The van der Waals surface area contributed by atoms with Gasteiger partial charge in [0.2, 0.25) is 0 Å². The molecule has 5 nitrogen and oxygen atoms in total. The third-order valence-corrected chi connectivity index (χ3v) is 4.33. The molecule has 0 saturated carbocycles. The Kier molecular flexibility index (Phi) is 7.37. The van der Waals surface area contributed by atoms with E-state index in [2.05, 4.69) is 70.5 Å². The number of anilines is 1. The van der Waals surface area contributed by atoms with Crippen LogP contribution in [0.15, 0.2) is 29.3 Å². The number of nitrogens with zero attached hydrogens (tertiary/aromatic N) is 3. The van der Waals surface area contributed by atoms with Crippen LogP contribution in [0.3, 0.4) is 0 Å². The molecule has 0 unspecified atom stereocenters. The topological polar surface area (TPSA) is 42.9 Å². The normalized spacial score (nSPS) is 16.5. The summed E-state index contributed by atoms with van der Waals surface area (Å²) >= 11 is 0. The van der Waals surface area contributed by atoms with Gasteiger partial charge in [0.1, 0.15) is 0 Å². The molecular formula is C19H33N5. The van der Waals surface area contributed by atoms with Gasteiger partial charge in [-0.1, -0.05) is 12.1 Å². The lowest BCUT2D eigenvalue weighted by atomic mass is 10.2. The zero-order chi connectivity index (χ0) is 17.4. The van der Waals surface area contributed by atoms with Crippen molar-refractivity contribution in [2.75, 3.05) is 51.2 Å². The first-order valence-electron chi connectivity index (χ1n) is 9.09. The summed E-state index contributed by atoms with van der Waals surface area (Å²) in [5, 5.41) is 6.70. The summed E-state index contributed by atoms with van der Waals surface area (Å²) in [5.41, 5.74) is 2.70. The lowest BCUT2D eigenvalue weighted by Gasteiger charge is -2.36. The van der Waals surface area contributed by atoms with Gasteiger partial charge < -0.3 is 15.5 Å². The average molecular weight is 332 g/mol. The highest BCUT2D eigenvalue weighted by atomic mass is 15.3. The first-order valence-corrected chi connectivity index (χ1v) is 9.09. The molecular weight excluding hydrogens is 298 g/mol. The van der Waals surface area contributed by atoms with Crippen molar-refractivity contribution < 1.29 is 0 Å². The summed E-state index contributed by atoms with van der Waals surface area (Å²) in [6.07, 6.45) is 1.14. The van der Waals surface area contributed by atoms with E-state index in [0.717, 1.165) is 51.6 Å². The Hall–Kier alpha value is -1.75. The predicted molar refractivity (Wildman–Crippen MR) is 104 cm³/mol. The number of rotatable bonds is 6. The Morgan fingerprint density at radius 3 is 2.58 bits per heavy atom. The Balaban J connectivity index is 1.65. The average Bonchev–Trinajstić information content (AvgIpc) is 2.58. The van der Waals surface area contributed by atoms with Gasteiger partial charge in [-0.2, -0.15) is 0 Å². The largest absolute Gasteiger partial charge is 0.369 e. The predicted octanol–water partition coefficient (Wildman–Crippen LogP) is 2.08. The minimum Gasteiger partial charge on any atom is -0.369 e. The third kappa shape index (κ3) is 6.04. The fourth-order valence-electron chi connectivity index (χ4n) is 3.03. The van der Waals surface area contributed by atoms with E-state index in [9.17, 15) is 0 Å². The summed E-state index contributed by atoms with van der Waals surface area (Å²) in [6.45, 7) is 13.1. The molecule has 1 fully saturated rings. The van der Waals surface area contributed by atoms with E-state index in [1.165, 1.54) is 11.3 Å². The van der Waals surface area contributed by atoms with Gasteiger partial charge in [0.25, 0.3) is 0 Å².